The Hall–Kier alpha value is -3.50. The SMILES string of the molecule is CN(C(=O)NCc1cccc(F)c1Cl)[C@@H](CCCN1CCCC(F)C1)COC(=O)Nc1cc2ccccc2cn1. The second kappa shape index (κ2) is 14.2. The van der Waals surface area contributed by atoms with Crippen LogP contribution in [0.15, 0.2) is 54.7 Å². The van der Waals surface area contributed by atoms with Gasteiger partial charge in [-0.1, -0.05) is 48.0 Å². The van der Waals surface area contributed by atoms with E-state index in [1.54, 1.807) is 25.4 Å². The van der Waals surface area contributed by atoms with E-state index in [0.717, 1.165) is 23.7 Å². The molecule has 0 saturated carbocycles. The number of aromatic nitrogens is 1. The van der Waals surface area contributed by atoms with Crippen molar-refractivity contribution in [2.75, 3.05) is 38.6 Å². The molecule has 1 unspecified atom stereocenters. The van der Waals surface area contributed by atoms with Gasteiger partial charge in [-0.05, 0) is 61.9 Å². The van der Waals surface area contributed by atoms with Gasteiger partial charge in [-0.15, -0.1) is 0 Å². The first-order valence-corrected chi connectivity index (χ1v) is 13.8. The van der Waals surface area contributed by atoms with E-state index in [4.69, 9.17) is 16.3 Å². The fourth-order valence-corrected chi connectivity index (χ4v) is 4.95. The van der Waals surface area contributed by atoms with Crippen LogP contribution in [0.25, 0.3) is 10.8 Å². The zero-order valence-corrected chi connectivity index (χ0v) is 23.2. The number of halogens is 3. The van der Waals surface area contributed by atoms with Crippen LogP contribution in [-0.4, -0.2) is 72.4 Å². The van der Waals surface area contributed by atoms with E-state index in [0.29, 0.717) is 43.7 Å². The molecule has 1 saturated heterocycles. The minimum Gasteiger partial charge on any atom is -0.447 e. The van der Waals surface area contributed by atoms with Crippen molar-refractivity contribution in [3.8, 4) is 0 Å². The predicted octanol–water partition coefficient (Wildman–Crippen LogP) is 6.00. The van der Waals surface area contributed by atoms with Gasteiger partial charge < -0.3 is 19.9 Å². The molecule has 0 aliphatic carbocycles. The Balaban J connectivity index is 1.35. The summed E-state index contributed by atoms with van der Waals surface area (Å²) in [7, 11) is 1.61. The molecular formula is C29H34ClF2N5O3. The molecule has 8 nitrogen and oxygen atoms in total. The number of piperidine rings is 1. The molecule has 1 aliphatic heterocycles. The molecule has 2 aromatic carbocycles. The lowest BCUT2D eigenvalue weighted by atomic mass is 10.1. The van der Waals surface area contributed by atoms with Crippen molar-refractivity contribution in [3.05, 3.63) is 71.1 Å². The average molecular weight is 574 g/mol. The number of likely N-dealkylation sites (tertiary alicyclic amines) is 1. The van der Waals surface area contributed by atoms with Gasteiger partial charge in [0.05, 0.1) is 11.1 Å². The molecule has 1 fully saturated rings. The molecule has 1 aromatic heterocycles. The molecule has 11 heteroatoms. The highest BCUT2D eigenvalue weighted by molar-refractivity contribution is 6.31. The molecule has 0 radical (unpaired) electrons. The number of carbonyl (C=O) groups excluding carboxylic acids is 2. The number of likely N-dealkylation sites (N-methyl/N-ethyl adjacent to an activating group) is 1. The molecule has 3 amide bonds. The number of urea groups is 1. The van der Waals surface area contributed by atoms with Gasteiger partial charge in [0, 0.05) is 31.7 Å². The highest BCUT2D eigenvalue weighted by Crippen LogP contribution is 2.20. The number of nitrogens with one attached hydrogen (secondary N) is 2. The fourth-order valence-electron chi connectivity index (χ4n) is 4.75. The zero-order valence-electron chi connectivity index (χ0n) is 22.4. The van der Waals surface area contributed by atoms with Crippen LogP contribution in [0.2, 0.25) is 5.02 Å². The van der Waals surface area contributed by atoms with Crippen LogP contribution in [0, 0.1) is 5.82 Å². The predicted molar refractivity (Wildman–Crippen MR) is 152 cm³/mol. The number of hydrogen-bond donors (Lipinski definition) is 2. The average Bonchev–Trinajstić information content (AvgIpc) is 2.95. The summed E-state index contributed by atoms with van der Waals surface area (Å²) in [6.07, 6.45) is 2.78. The van der Waals surface area contributed by atoms with Gasteiger partial charge in [0.15, 0.2) is 0 Å². The van der Waals surface area contributed by atoms with Crippen molar-refractivity contribution in [2.45, 2.75) is 44.4 Å². The second-order valence-corrected chi connectivity index (χ2v) is 10.3. The minimum absolute atomic E-state index is 0.0349. The summed E-state index contributed by atoms with van der Waals surface area (Å²) in [5.41, 5.74) is 0.448. The van der Waals surface area contributed by atoms with E-state index in [9.17, 15) is 18.4 Å². The molecule has 40 heavy (non-hydrogen) atoms. The molecule has 0 bridgehead atoms. The molecule has 4 rings (SSSR count). The third-order valence-electron chi connectivity index (χ3n) is 7.06. The summed E-state index contributed by atoms with van der Waals surface area (Å²) in [5, 5.41) is 7.21. The van der Waals surface area contributed by atoms with Crippen LogP contribution in [0.1, 0.15) is 31.2 Å². The molecule has 3 aromatic rings. The number of rotatable bonds is 10. The zero-order chi connectivity index (χ0) is 28.5. The maximum absolute atomic E-state index is 13.8. The van der Waals surface area contributed by atoms with Crippen molar-refractivity contribution >= 4 is 40.3 Å². The number of benzene rings is 2. The maximum Gasteiger partial charge on any atom is 0.412 e. The van der Waals surface area contributed by atoms with Gasteiger partial charge >= 0.3 is 12.1 Å². The van der Waals surface area contributed by atoms with Crippen molar-refractivity contribution < 1.29 is 23.1 Å². The van der Waals surface area contributed by atoms with Crippen molar-refractivity contribution in [1.82, 2.24) is 20.1 Å². The Bertz CT molecular complexity index is 1310. The minimum atomic E-state index is -0.816. The molecule has 0 spiro atoms. The van der Waals surface area contributed by atoms with E-state index in [1.165, 1.54) is 17.0 Å². The Morgan fingerprint density at radius 1 is 1.23 bits per heavy atom. The number of fused-ring (bicyclic) bond motifs is 1. The molecule has 2 atom stereocenters. The molecule has 2 N–H and O–H groups in total. The first-order chi connectivity index (χ1) is 19.3. The van der Waals surface area contributed by atoms with E-state index in [1.807, 2.05) is 24.3 Å². The van der Waals surface area contributed by atoms with Crippen LogP contribution in [0.3, 0.4) is 0 Å². The molecule has 1 aliphatic rings. The summed E-state index contributed by atoms with van der Waals surface area (Å²) in [5.74, 6) is -0.211. The fraction of sp³-hybridized carbons (Fsp3) is 0.414. The largest absolute Gasteiger partial charge is 0.447 e. The summed E-state index contributed by atoms with van der Waals surface area (Å²) < 4.78 is 33.1. The van der Waals surface area contributed by atoms with E-state index >= 15 is 0 Å². The van der Waals surface area contributed by atoms with Crippen molar-refractivity contribution in [2.24, 2.45) is 0 Å². The quantitative estimate of drug-likeness (QED) is 0.311. The molecule has 2 heterocycles. The Labute approximate surface area is 237 Å². The number of anilines is 1. The standard InChI is InChI=1S/C29H34ClF2N5O3/c1-36(28(38)34-17-22-9-4-12-25(32)27(22)30)24(11-6-14-37-13-5-10-23(31)18-37)19-40-29(39)35-26-15-20-7-2-3-8-21(20)16-33-26/h2-4,7-9,12,15-16,23-24H,5-6,10-11,13-14,17-19H2,1H3,(H,34,38)(H,33,35,39)/t23?,24-/m0/s1. The first-order valence-electron chi connectivity index (χ1n) is 13.4. The lowest BCUT2D eigenvalue weighted by Gasteiger charge is -2.31. The lowest BCUT2D eigenvalue weighted by molar-refractivity contribution is 0.105. The second-order valence-electron chi connectivity index (χ2n) is 9.96. The summed E-state index contributed by atoms with van der Waals surface area (Å²) >= 11 is 6.01. The summed E-state index contributed by atoms with van der Waals surface area (Å²) in [6.45, 7) is 1.90. The maximum atomic E-state index is 13.8. The molecular weight excluding hydrogens is 540 g/mol. The Morgan fingerprint density at radius 2 is 2.02 bits per heavy atom. The number of ether oxygens (including phenoxy) is 1. The third kappa shape index (κ3) is 8.25. The smallest absolute Gasteiger partial charge is 0.412 e. The van der Waals surface area contributed by atoms with Crippen LogP contribution < -0.4 is 10.6 Å². The Morgan fingerprint density at radius 3 is 2.83 bits per heavy atom. The van der Waals surface area contributed by atoms with Gasteiger partial charge in [0.2, 0.25) is 0 Å². The van der Waals surface area contributed by atoms with Crippen LogP contribution in [0.5, 0.6) is 0 Å². The van der Waals surface area contributed by atoms with Crippen LogP contribution in [-0.2, 0) is 11.3 Å². The van der Waals surface area contributed by atoms with Gasteiger partial charge in [-0.3, -0.25) is 5.32 Å². The summed E-state index contributed by atoms with van der Waals surface area (Å²) in [4.78, 5) is 33.4. The number of amides is 3. The van der Waals surface area contributed by atoms with E-state index in [-0.39, 0.29) is 18.2 Å². The van der Waals surface area contributed by atoms with Gasteiger partial charge in [-0.25, -0.2) is 23.4 Å². The number of nitrogens with zero attached hydrogens (tertiary/aromatic N) is 3. The van der Waals surface area contributed by atoms with Crippen LogP contribution in [0.4, 0.5) is 24.2 Å². The summed E-state index contributed by atoms with van der Waals surface area (Å²) in [6, 6.07) is 12.9. The highest BCUT2D eigenvalue weighted by atomic mass is 35.5. The number of pyridine rings is 1. The van der Waals surface area contributed by atoms with Gasteiger partial charge in [0.25, 0.3) is 0 Å². The van der Waals surface area contributed by atoms with Gasteiger partial charge in [0.1, 0.15) is 24.4 Å². The monoisotopic (exact) mass is 573 g/mol. The number of alkyl halides is 1. The van der Waals surface area contributed by atoms with Crippen molar-refractivity contribution in [3.63, 3.8) is 0 Å². The van der Waals surface area contributed by atoms with E-state index in [2.05, 4.69) is 20.5 Å². The van der Waals surface area contributed by atoms with Gasteiger partial charge in [-0.2, -0.15) is 0 Å². The number of hydrogen-bond acceptors (Lipinski definition) is 5. The van der Waals surface area contributed by atoms with Crippen molar-refractivity contribution in [1.29, 1.82) is 0 Å². The van der Waals surface area contributed by atoms with Crippen LogP contribution >= 0.6 is 11.6 Å². The normalized spacial score (nSPS) is 16.4. The van der Waals surface area contributed by atoms with E-state index < -0.39 is 30.2 Å². The lowest BCUT2D eigenvalue weighted by Crippen LogP contribution is -2.46. The topological polar surface area (TPSA) is 86.8 Å². The highest BCUT2D eigenvalue weighted by Gasteiger charge is 2.24. The number of carbonyl (C=O) groups is 2. The first kappa shape index (κ1) is 29.5. The Kier molecular flexibility index (Phi) is 10.5. The molecule has 214 valence electrons. The third-order valence-corrected chi connectivity index (χ3v) is 7.48.